The van der Waals surface area contributed by atoms with Crippen molar-refractivity contribution in [1.29, 1.82) is 0 Å². The Kier molecular flexibility index (Phi) is 4.89. The van der Waals surface area contributed by atoms with Gasteiger partial charge in [0.15, 0.2) is 0 Å². The maximum absolute atomic E-state index is 12.7. The number of anilines is 1. The van der Waals surface area contributed by atoms with E-state index in [4.69, 9.17) is 4.42 Å². The molecule has 8 nitrogen and oxygen atoms in total. The molecule has 0 radical (unpaired) electrons. The van der Waals surface area contributed by atoms with Gasteiger partial charge in [0.2, 0.25) is 0 Å². The predicted molar refractivity (Wildman–Crippen MR) is 114 cm³/mol. The molecule has 1 N–H and O–H groups in total. The molecule has 2 aromatic carbocycles. The van der Waals surface area contributed by atoms with Crippen molar-refractivity contribution in [2.75, 3.05) is 5.01 Å². The van der Waals surface area contributed by atoms with E-state index in [9.17, 15) is 19.7 Å². The molecule has 144 valence electrons. The van der Waals surface area contributed by atoms with Crippen LogP contribution in [0.2, 0.25) is 0 Å². The van der Waals surface area contributed by atoms with Crippen molar-refractivity contribution in [1.82, 2.24) is 5.43 Å². The van der Waals surface area contributed by atoms with Gasteiger partial charge in [0.25, 0.3) is 17.5 Å². The van der Waals surface area contributed by atoms with Crippen LogP contribution in [-0.4, -0.2) is 16.7 Å². The number of non-ortho nitro benzene ring substituents is 1. The first-order chi connectivity index (χ1) is 13.9. The molecule has 1 fully saturated rings. The first-order valence-corrected chi connectivity index (χ1v) is 9.47. The van der Waals surface area contributed by atoms with Gasteiger partial charge in [0.05, 0.1) is 10.6 Å². The summed E-state index contributed by atoms with van der Waals surface area (Å²) in [6.45, 7) is 0. The van der Waals surface area contributed by atoms with Crippen molar-refractivity contribution in [2.24, 2.45) is 0 Å². The van der Waals surface area contributed by atoms with E-state index in [0.717, 1.165) is 3.57 Å². The molecular weight excluding hydrogens is 489 g/mol. The first-order valence-electron chi connectivity index (χ1n) is 8.40. The maximum Gasteiger partial charge on any atom is 0.282 e. The predicted octanol–water partition coefficient (Wildman–Crippen LogP) is 3.92. The number of carbonyl (C=O) groups is 2. The molecule has 2 heterocycles. The lowest BCUT2D eigenvalue weighted by Gasteiger charge is -2.14. The van der Waals surface area contributed by atoms with Crippen LogP contribution in [0.4, 0.5) is 11.4 Å². The molecule has 0 atom stereocenters. The lowest BCUT2D eigenvalue weighted by atomic mass is 10.1. The molecule has 1 saturated heterocycles. The van der Waals surface area contributed by atoms with E-state index >= 15 is 0 Å². The number of hydrazine groups is 1. The van der Waals surface area contributed by atoms with Gasteiger partial charge in [-0.05, 0) is 77.2 Å². The van der Waals surface area contributed by atoms with Crippen molar-refractivity contribution >= 4 is 51.9 Å². The fourth-order valence-corrected chi connectivity index (χ4v) is 3.16. The minimum atomic E-state index is -0.526. The van der Waals surface area contributed by atoms with Gasteiger partial charge in [-0.1, -0.05) is 0 Å². The number of nitrogens with zero attached hydrogens (tertiary/aromatic N) is 2. The largest absolute Gasteiger partial charge is 0.457 e. The molecule has 0 bridgehead atoms. The Hall–Kier alpha value is -3.47. The highest BCUT2D eigenvalue weighted by Crippen LogP contribution is 2.27. The monoisotopic (exact) mass is 501 g/mol. The van der Waals surface area contributed by atoms with Crippen LogP contribution >= 0.6 is 22.6 Å². The summed E-state index contributed by atoms with van der Waals surface area (Å²) >= 11 is 2.15. The van der Waals surface area contributed by atoms with Gasteiger partial charge in [-0.2, -0.15) is 0 Å². The van der Waals surface area contributed by atoms with Gasteiger partial charge < -0.3 is 4.42 Å². The molecule has 0 saturated carbocycles. The number of nitrogens with one attached hydrogen (secondary N) is 1. The van der Waals surface area contributed by atoms with E-state index in [2.05, 4.69) is 28.0 Å². The quantitative estimate of drug-likeness (QED) is 0.192. The van der Waals surface area contributed by atoms with Crippen molar-refractivity contribution < 1.29 is 18.9 Å². The fraction of sp³-hybridized carbons (Fsp3) is 0. The third kappa shape index (κ3) is 3.76. The molecule has 29 heavy (non-hydrogen) atoms. The van der Waals surface area contributed by atoms with E-state index in [1.807, 2.05) is 12.1 Å². The number of rotatable bonds is 4. The molecule has 3 aromatic rings. The molecule has 4 rings (SSSR count). The SMILES string of the molecule is O=C1NN(c2ccc(I)cc2)C(=O)C1=Cc1ccc(-c2ccc([N+](=O)[O-])cc2)o1. The summed E-state index contributed by atoms with van der Waals surface area (Å²) in [6.07, 6.45) is 1.37. The zero-order valence-electron chi connectivity index (χ0n) is 14.7. The molecule has 1 aliphatic rings. The molecule has 1 aromatic heterocycles. The number of hydrogen-bond donors (Lipinski definition) is 1. The van der Waals surface area contributed by atoms with Gasteiger partial charge in [0, 0.05) is 21.3 Å². The fourth-order valence-electron chi connectivity index (χ4n) is 2.80. The minimum Gasteiger partial charge on any atom is -0.457 e. The van der Waals surface area contributed by atoms with Crippen molar-refractivity contribution in [2.45, 2.75) is 0 Å². The molecule has 9 heteroatoms. The summed E-state index contributed by atoms with van der Waals surface area (Å²) < 4.78 is 6.70. The molecule has 2 amide bonds. The van der Waals surface area contributed by atoms with Gasteiger partial charge in [-0.25, -0.2) is 5.01 Å². The topological polar surface area (TPSA) is 106 Å². The number of benzene rings is 2. The van der Waals surface area contributed by atoms with Gasteiger partial charge in [-0.3, -0.25) is 25.1 Å². The zero-order valence-corrected chi connectivity index (χ0v) is 16.8. The summed E-state index contributed by atoms with van der Waals surface area (Å²) in [5, 5.41) is 11.9. The number of amides is 2. The smallest absolute Gasteiger partial charge is 0.282 e. The molecule has 0 aliphatic carbocycles. The van der Waals surface area contributed by atoms with E-state index in [0.29, 0.717) is 22.8 Å². The number of hydrogen-bond acceptors (Lipinski definition) is 5. The number of nitro benzene ring substituents is 1. The van der Waals surface area contributed by atoms with Crippen LogP contribution in [0.5, 0.6) is 0 Å². The molecular formula is C20H12IN3O5. The van der Waals surface area contributed by atoms with E-state index in [-0.39, 0.29) is 11.3 Å². The average Bonchev–Trinajstić information content (AvgIpc) is 3.29. The summed E-state index contributed by atoms with van der Waals surface area (Å²) in [4.78, 5) is 35.2. The number of carbonyl (C=O) groups excluding carboxylic acids is 2. The Morgan fingerprint density at radius 1 is 1.00 bits per heavy atom. The van der Waals surface area contributed by atoms with Crippen molar-refractivity contribution in [3.8, 4) is 11.3 Å². The van der Waals surface area contributed by atoms with Crippen LogP contribution in [0.3, 0.4) is 0 Å². The van der Waals surface area contributed by atoms with Gasteiger partial charge in [-0.15, -0.1) is 0 Å². The number of furan rings is 1. The van der Waals surface area contributed by atoms with Crippen LogP contribution in [0, 0.1) is 13.7 Å². The number of nitro groups is 1. The Labute approximate surface area is 178 Å². The Bertz CT molecular complexity index is 1150. The van der Waals surface area contributed by atoms with Crippen LogP contribution < -0.4 is 10.4 Å². The lowest BCUT2D eigenvalue weighted by Crippen LogP contribution is -2.35. The molecule has 0 unspecified atom stereocenters. The zero-order chi connectivity index (χ0) is 20.5. The Morgan fingerprint density at radius 3 is 2.34 bits per heavy atom. The second-order valence-corrected chi connectivity index (χ2v) is 7.37. The van der Waals surface area contributed by atoms with E-state index in [1.165, 1.54) is 23.2 Å². The highest BCUT2D eigenvalue weighted by Gasteiger charge is 2.34. The Balaban J connectivity index is 1.58. The normalized spacial score (nSPS) is 15.1. The standard InChI is InChI=1S/C20H12IN3O5/c21-13-3-7-14(8-4-13)23-20(26)17(19(25)22-23)11-16-9-10-18(29-16)12-1-5-15(6-2-12)24(27)28/h1-11H,(H,22,25). The minimum absolute atomic E-state index is 0.0217. The summed E-state index contributed by atoms with van der Waals surface area (Å²) in [5.41, 5.74) is 3.66. The highest BCUT2D eigenvalue weighted by atomic mass is 127. The third-order valence-corrected chi connectivity index (χ3v) is 4.97. The van der Waals surface area contributed by atoms with Crippen LogP contribution in [-0.2, 0) is 9.59 Å². The van der Waals surface area contributed by atoms with Crippen LogP contribution in [0.1, 0.15) is 5.76 Å². The second-order valence-electron chi connectivity index (χ2n) is 6.12. The Morgan fingerprint density at radius 2 is 1.69 bits per heavy atom. The first kappa shape index (κ1) is 18.9. The number of halogens is 1. The highest BCUT2D eigenvalue weighted by molar-refractivity contribution is 14.1. The van der Waals surface area contributed by atoms with Crippen LogP contribution in [0.25, 0.3) is 17.4 Å². The second kappa shape index (κ2) is 7.51. The van der Waals surface area contributed by atoms with E-state index in [1.54, 1.807) is 36.4 Å². The van der Waals surface area contributed by atoms with E-state index < -0.39 is 16.7 Å². The lowest BCUT2D eigenvalue weighted by molar-refractivity contribution is -0.384. The average molecular weight is 501 g/mol. The molecule has 0 spiro atoms. The van der Waals surface area contributed by atoms with Gasteiger partial charge in [0.1, 0.15) is 17.1 Å². The summed E-state index contributed by atoms with van der Waals surface area (Å²) in [5.74, 6) is -0.222. The van der Waals surface area contributed by atoms with Crippen molar-refractivity contribution in [3.63, 3.8) is 0 Å². The third-order valence-electron chi connectivity index (χ3n) is 4.25. The summed E-state index contributed by atoms with van der Waals surface area (Å²) in [7, 11) is 0. The molecule has 1 aliphatic heterocycles. The summed E-state index contributed by atoms with van der Waals surface area (Å²) in [6, 6.07) is 16.3. The van der Waals surface area contributed by atoms with Crippen molar-refractivity contribution in [3.05, 3.63) is 85.7 Å². The maximum atomic E-state index is 12.7. The van der Waals surface area contributed by atoms with Gasteiger partial charge >= 0.3 is 0 Å². The van der Waals surface area contributed by atoms with Crippen LogP contribution in [0.15, 0.2) is 70.7 Å².